The highest BCUT2D eigenvalue weighted by atomic mass is 16.3. The van der Waals surface area contributed by atoms with E-state index in [4.69, 9.17) is 4.42 Å². The van der Waals surface area contributed by atoms with Crippen LogP contribution in [0, 0.1) is 0 Å². The summed E-state index contributed by atoms with van der Waals surface area (Å²) in [4.78, 5) is 2.35. The fourth-order valence-corrected chi connectivity index (χ4v) is 9.28. The van der Waals surface area contributed by atoms with E-state index in [9.17, 15) is 0 Å². The molecule has 0 saturated carbocycles. The van der Waals surface area contributed by atoms with Crippen LogP contribution in [-0.2, 0) is 0 Å². The van der Waals surface area contributed by atoms with Crippen molar-refractivity contribution in [3.63, 3.8) is 0 Å². The first kappa shape index (κ1) is 34.9. The van der Waals surface area contributed by atoms with Crippen LogP contribution in [0.15, 0.2) is 235 Å². The first-order valence-electron chi connectivity index (χ1n) is 20.8. The highest BCUT2D eigenvalue weighted by Crippen LogP contribution is 2.42. The third kappa shape index (κ3) is 5.90. The average molecular weight is 779 g/mol. The fourth-order valence-electron chi connectivity index (χ4n) is 9.28. The topological polar surface area (TPSA) is 21.3 Å². The quantitative estimate of drug-likeness (QED) is 0.161. The van der Waals surface area contributed by atoms with Crippen molar-refractivity contribution in [3.05, 3.63) is 231 Å². The summed E-state index contributed by atoms with van der Waals surface area (Å²) >= 11 is 0. The van der Waals surface area contributed by atoms with Gasteiger partial charge in [0.25, 0.3) is 0 Å². The molecule has 61 heavy (non-hydrogen) atoms. The molecule has 0 spiro atoms. The van der Waals surface area contributed by atoms with Gasteiger partial charge in [0.15, 0.2) is 0 Å². The standard InChI is InChI=1S/C58H38N2O/c1-3-12-39(13-4-1)40-22-30-46(31-23-40)59(48-34-26-43(27-35-48)49-19-11-21-56-57(49)52-36-28-42-14-7-8-17-50(42)58(52)61-56)47-32-24-41(25-33-47)44-29-37-55-53(38-44)51-18-9-10-20-54(51)60(55)45-15-5-2-6-16-45/h1-38H. The Kier molecular flexibility index (Phi) is 8.17. The van der Waals surface area contributed by atoms with Gasteiger partial charge in [0, 0.05) is 49.7 Å². The number of para-hydroxylation sites is 2. The van der Waals surface area contributed by atoms with Crippen molar-refractivity contribution in [2.45, 2.75) is 0 Å². The lowest BCUT2D eigenvalue weighted by molar-refractivity contribution is 0.673. The van der Waals surface area contributed by atoms with Crippen LogP contribution in [0.1, 0.15) is 0 Å². The van der Waals surface area contributed by atoms with Gasteiger partial charge in [0.1, 0.15) is 11.2 Å². The molecule has 10 aromatic carbocycles. The van der Waals surface area contributed by atoms with Crippen LogP contribution in [0.4, 0.5) is 17.1 Å². The van der Waals surface area contributed by atoms with Gasteiger partial charge in [-0.25, -0.2) is 0 Å². The second-order valence-electron chi connectivity index (χ2n) is 15.7. The van der Waals surface area contributed by atoms with Gasteiger partial charge in [-0.15, -0.1) is 0 Å². The number of hydrogen-bond acceptors (Lipinski definition) is 2. The molecule has 12 aromatic rings. The van der Waals surface area contributed by atoms with Crippen LogP contribution < -0.4 is 4.90 Å². The van der Waals surface area contributed by atoms with E-state index in [1.54, 1.807) is 0 Å². The number of aromatic nitrogens is 1. The van der Waals surface area contributed by atoms with Crippen molar-refractivity contribution in [3.8, 4) is 39.1 Å². The molecule has 286 valence electrons. The SMILES string of the molecule is c1ccc(-c2ccc(N(c3ccc(-c4ccc5c(c4)c4ccccc4n5-c4ccccc4)cc3)c3ccc(-c4cccc5oc6c7ccccc7ccc6c45)cc3)cc2)cc1. The van der Waals surface area contributed by atoms with E-state index in [-0.39, 0.29) is 0 Å². The van der Waals surface area contributed by atoms with Gasteiger partial charge in [-0.2, -0.15) is 0 Å². The summed E-state index contributed by atoms with van der Waals surface area (Å²) in [6.07, 6.45) is 0. The molecular weight excluding hydrogens is 741 g/mol. The van der Waals surface area contributed by atoms with Gasteiger partial charge < -0.3 is 13.9 Å². The molecule has 0 atom stereocenters. The molecule has 0 aliphatic carbocycles. The zero-order valence-corrected chi connectivity index (χ0v) is 33.2. The number of benzene rings is 10. The van der Waals surface area contributed by atoms with Crippen molar-refractivity contribution in [2.75, 3.05) is 4.90 Å². The Morgan fingerprint density at radius 1 is 0.344 bits per heavy atom. The van der Waals surface area contributed by atoms with Gasteiger partial charge >= 0.3 is 0 Å². The lowest BCUT2D eigenvalue weighted by Gasteiger charge is -2.26. The summed E-state index contributed by atoms with van der Waals surface area (Å²) in [6, 6.07) is 82.8. The van der Waals surface area contributed by atoms with Crippen LogP contribution in [0.25, 0.3) is 93.6 Å². The molecule has 0 aliphatic rings. The Morgan fingerprint density at radius 2 is 0.902 bits per heavy atom. The summed E-state index contributed by atoms with van der Waals surface area (Å²) < 4.78 is 8.90. The predicted octanol–water partition coefficient (Wildman–Crippen LogP) is 16.3. The lowest BCUT2D eigenvalue weighted by atomic mass is 9.98. The van der Waals surface area contributed by atoms with E-state index in [0.29, 0.717) is 0 Å². The molecule has 3 nitrogen and oxygen atoms in total. The van der Waals surface area contributed by atoms with E-state index >= 15 is 0 Å². The summed E-state index contributed by atoms with van der Waals surface area (Å²) in [6.45, 7) is 0. The molecule has 0 unspecified atom stereocenters. The van der Waals surface area contributed by atoms with Crippen molar-refractivity contribution < 1.29 is 4.42 Å². The van der Waals surface area contributed by atoms with Crippen LogP contribution >= 0.6 is 0 Å². The maximum Gasteiger partial charge on any atom is 0.143 e. The molecule has 0 fully saturated rings. The van der Waals surface area contributed by atoms with Crippen molar-refractivity contribution in [2.24, 2.45) is 0 Å². The Balaban J connectivity index is 0.938. The normalized spacial score (nSPS) is 11.6. The average Bonchev–Trinajstić information content (AvgIpc) is 3.89. The van der Waals surface area contributed by atoms with Gasteiger partial charge in [0.2, 0.25) is 0 Å². The number of anilines is 3. The first-order valence-corrected chi connectivity index (χ1v) is 20.8. The van der Waals surface area contributed by atoms with E-state index < -0.39 is 0 Å². The molecule has 0 aliphatic heterocycles. The second-order valence-corrected chi connectivity index (χ2v) is 15.7. The molecule has 2 aromatic heterocycles. The summed E-state index contributed by atoms with van der Waals surface area (Å²) in [5.74, 6) is 0. The van der Waals surface area contributed by atoms with Gasteiger partial charge in [0.05, 0.1) is 11.0 Å². The molecule has 0 saturated heterocycles. The Labute approximate surface area is 353 Å². The molecule has 0 N–H and O–H groups in total. The Morgan fingerprint density at radius 3 is 1.62 bits per heavy atom. The summed E-state index contributed by atoms with van der Waals surface area (Å²) in [7, 11) is 0. The smallest absolute Gasteiger partial charge is 0.143 e. The van der Waals surface area contributed by atoms with Gasteiger partial charge in [-0.1, -0.05) is 152 Å². The van der Waals surface area contributed by atoms with Gasteiger partial charge in [-0.05, 0) is 118 Å². The van der Waals surface area contributed by atoms with E-state index in [1.165, 1.54) is 49.4 Å². The molecular formula is C58H38N2O. The van der Waals surface area contributed by atoms with Crippen molar-refractivity contribution >= 4 is 71.6 Å². The second kappa shape index (κ2) is 14.3. The van der Waals surface area contributed by atoms with Crippen LogP contribution in [-0.4, -0.2) is 4.57 Å². The number of hydrogen-bond donors (Lipinski definition) is 0. The maximum absolute atomic E-state index is 6.54. The number of fused-ring (bicyclic) bond motifs is 8. The summed E-state index contributed by atoms with van der Waals surface area (Å²) in [5, 5.41) is 7.08. The number of rotatable bonds is 7. The Bertz CT molecular complexity index is 3550. The van der Waals surface area contributed by atoms with E-state index in [0.717, 1.165) is 61.2 Å². The minimum absolute atomic E-state index is 0.897. The first-order chi connectivity index (χ1) is 30.2. The maximum atomic E-state index is 6.54. The number of furan rings is 1. The third-order valence-electron chi connectivity index (χ3n) is 12.2. The summed E-state index contributed by atoms with van der Waals surface area (Å²) in [5.41, 5.74) is 15.7. The van der Waals surface area contributed by atoms with Crippen LogP contribution in [0.5, 0.6) is 0 Å². The van der Waals surface area contributed by atoms with E-state index in [1.807, 2.05) is 0 Å². The highest BCUT2D eigenvalue weighted by Gasteiger charge is 2.18. The van der Waals surface area contributed by atoms with Crippen LogP contribution in [0.3, 0.4) is 0 Å². The van der Waals surface area contributed by atoms with Crippen molar-refractivity contribution in [1.82, 2.24) is 4.57 Å². The van der Waals surface area contributed by atoms with Crippen LogP contribution in [0.2, 0.25) is 0 Å². The van der Waals surface area contributed by atoms with E-state index in [2.05, 4.69) is 240 Å². The monoisotopic (exact) mass is 778 g/mol. The number of nitrogens with zero attached hydrogens (tertiary/aromatic N) is 2. The molecule has 0 radical (unpaired) electrons. The lowest BCUT2D eigenvalue weighted by Crippen LogP contribution is -2.09. The molecule has 0 bridgehead atoms. The highest BCUT2D eigenvalue weighted by molar-refractivity contribution is 6.19. The minimum Gasteiger partial charge on any atom is -0.455 e. The van der Waals surface area contributed by atoms with Gasteiger partial charge in [-0.3, -0.25) is 0 Å². The largest absolute Gasteiger partial charge is 0.455 e. The molecule has 2 heterocycles. The van der Waals surface area contributed by atoms with Crippen molar-refractivity contribution in [1.29, 1.82) is 0 Å². The zero-order valence-electron chi connectivity index (χ0n) is 33.2. The predicted molar refractivity (Wildman–Crippen MR) is 257 cm³/mol. The molecule has 12 rings (SSSR count). The molecule has 0 amide bonds. The Hall–Kier alpha value is -8.14. The minimum atomic E-state index is 0.897. The third-order valence-corrected chi connectivity index (χ3v) is 12.2. The zero-order chi connectivity index (χ0) is 40.3. The fraction of sp³-hybridized carbons (Fsp3) is 0. The molecule has 3 heteroatoms.